The van der Waals surface area contributed by atoms with Crippen LogP contribution in [0.25, 0.3) is 11.1 Å². The number of benzene rings is 4. The van der Waals surface area contributed by atoms with Crippen molar-refractivity contribution < 1.29 is 38.1 Å². The van der Waals surface area contributed by atoms with Crippen LogP contribution in [-0.2, 0) is 38.1 Å². The van der Waals surface area contributed by atoms with Gasteiger partial charge in [0, 0.05) is 21.4 Å². The lowest BCUT2D eigenvalue weighted by molar-refractivity contribution is -0.139. The number of methoxy groups -OCH3 is 4. The molecule has 302 valence electrons. The quantitative estimate of drug-likeness (QED) is 0.137. The summed E-state index contributed by atoms with van der Waals surface area (Å²) in [6.07, 6.45) is 0. The molecule has 14 nitrogen and oxygen atoms in total. The second-order valence-electron chi connectivity index (χ2n) is 13.0. The maximum atomic E-state index is 13.5. The lowest BCUT2D eigenvalue weighted by Gasteiger charge is -2.36. The molecule has 0 aliphatic carbocycles. The molecule has 0 fully saturated rings. The molecule has 4 aromatic rings. The highest BCUT2D eigenvalue weighted by molar-refractivity contribution is 6.30. The summed E-state index contributed by atoms with van der Waals surface area (Å²) in [5.74, 6) is -5.99. The van der Waals surface area contributed by atoms with Gasteiger partial charge in [0.2, 0.25) is 0 Å². The lowest BCUT2D eigenvalue weighted by Crippen LogP contribution is -2.40. The average molecular weight is 846 g/mol. The van der Waals surface area contributed by atoms with Crippen LogP contribution in [0.15, 0.2) is 142 Å². The summed E-state index contributed by atoms with van der Waals surface area (Å²) >= 11 is 12.2. The second kappa shape index (κ2) is 17.5. The number of halogens is 2. The zero-order chi connectivity index (χ0) is 43.4. The number of carbonyl (C=O) groups excluding carboxylic acids is 4. The van der Waals surface area contributed by atoms with E-state index in [9.17, 15) is 29.7 Å². The van der Waals surface area contributed by atoms with E-state index >= 15 is 0 Å². The van der Waals surface area contributed by atoms with Crippen molar-refractivity contribution in [2.45, 2.75) is 11.8 Å². The Morgan fingerprint density at radius 2 is 0.817 bits per heavy atom. The van der Waals surface area contributed by atoms with Crippen LogP contribution in [0.2, 0.25) is 10.0 Å². The lowest BCUT2D eigenvalue weighted by atomic mass is 9.81. The van der Waals surface area contributed by atoms with Crippen LogP contribution in [-0.4, -0.2) is 52.3 Å². The number of nitrogens with two attached hydrogens (primary N) is 2. The monoisotopic (exact) mass is 844 g/mol. The molecule has 0 saturated carbocycles. The van der Waals surface area contributed by atoms with Crippen molar-refractivity contribution in [2.24, 2.45) is 11.5 Å². The number of ether oxygens (including phenoxy) is 4. The van der Waals surface area contributed by atoms with Gasteiger partial charge < -0.3 is 30.4 Å². The minimum absolute atomic E-state index is 0.0224. The van der Waals surface area contributed by atoms with Crippen molar-refractivity contribution in [3.05, 3.63) is 164 Å². The number of nitrogens with zero attached hydrogens (tertiary/aromatic N) is 4. The van der Waals surface area contributed by atoms with Gasteiger partial charge in [-0.15, -0.1) is 0 Å². The Labute approximate surface area is 354 Å². The van der Waals surface area contributed by atoms with Gasteiger partial charge in [-0.3, -0.25) is 9.80 Å². The maximum absolute atomic E-state index is 13.5. The molecule has 16 heteroatoms. The molecule has 2 atom stereocenters. The van der Waals surface area contributed by atoms with Gasteiger partial charge in [0.15, 0.2) is 0 Å². The Balaban J connectivity index is 1.43. The van der Waals surface area contributed by atoms with Crippen molar-refractivity contribution in [1.29, 1.82) is 10.5 Å². The van der Waals surface area contributed by atoms with Gasteiger partial charge in [0.25, 0.3) is 0 Å². The van der Waals surface area contributed by atoms with Gasteiger partial charge >= 0.3 is 23.9 Å². The largest absolute Gasteiger partial charge is 0.466 e. The number of anilines is 2. The minimum atomic E-state index is -1.09. The molecule has 0 bridgehead atoms. The molecule has 0 amide bonds. The van der Waals surface area contributed by atoms with E-state index in [2.05, 4.69) is 12.1 Å². The summed E-state index contributed by atoms with van der Waals surface area (Å²) in [5.41, 5.74) is 15.3. The molecule has 0 spiro atoms. The highest BCUT2D eigenvalue weighted by Gasteiger charge is 2.44. The first-order valence-corrected chi connectivity index (χ1v) is 18.5. The highest BCUT2D eigenvalue weighted by atomic mass is 35.5. The van der Waals surface area contributed by atoms with Crippen molar-refractivity contribution in [1.82, 2.24) is 0 Å². The van der Waals surface area contributed by atoms with Gasteiger partial charge in [0.1, 0.15) is 23.0 Å². The van der Waals surface area contributed by atoms with Crippen LogP contribution in [0.3, 0.4) is 0 Å². The van der Waals surface area contributed by atoms with Crippen LogP contribution in [0.1, 0.15) is 23.0 Å². The smallest absolute Gasteiger partial charge is 0.355 e. The zero-order valence-corrected chi connectivity index (χ0v) is 33.9. The van der Waals surface area contributed by atoms with E-state index in [-0.39, 0.29) is 45.3 Å². The summed E-state index contributed by atoms with van der Waals surface area (Å²) in [4.78, 5) is 56.5. The van der Waals surface area contributed by atoms with E-state index in [1.54, 1.807) is 97.1 Å². The van der Waals surface area contributed by atoms with E-state index in [0.29, 0.717) is 43.7 Å². The van der Waals surface area contributed by atoms with Crippen LogP contribution in [0, 0.1) is 22.7 Å². The molecule has 2 unspecified atom stereocenters. The minimum Gasteiger partial charge on any atom is -0.466 e. The van der Waals surface area contributed by atoms with Crippen LogP contribution < -0.4 is 21.3 Å². The molecular weight excluding hydrogens is 811 g/mol. The third kappa shape index (κ3) is 7.49. The Morgan fingerprint density at radius 3 is 1.08 bits per heavy atom. The van der Waals surface area contributed by atoms with E-state index < -0.39 is 35.7 Å². The third-order valence-corrected chi connectivity index (χ3v) is 10.4. The normalized spacial score (nSPS) is 16.5. The van der Waals surface area contributed by atoms with Crippen molar-refractivity contribution in [2.75, 3.05) is 38.2 Å². The zero-order valence-electron chi connectivity index (χ0n) is 32.4. The number of nitriles is 2. The van der Waals surface area contributed by atoms with Crippen molar-refractivity contribution in [3.8, 4) is 23.3 Å². The fourth-order valence-corrected chi connectivity index (χ4v) is 7.44. The average Bonchev–Trinajstić information content (AvgIpc) is 3.27. The third-order valence-electron chi connectivity index (χ3n) is 9.95. The molecule has 4 aromatic carbocycles. The molecule has 0 radical (unpaired) electrons. The topological polar surface area (TPSA) is 211 Å². The summed E-state index contributed by atoms with van der Waals surface area (Å²) in [7, 11) is 4.61. The van der Waals surface area contributed by atoms with Gasteiger partial charge in [-0.25, -0.2) is 19.2 Å². The number of esters is 4. The van der Waals surface area contributed by atoms with E-state index in [0.717, 1.165) is 28.4 Å². The van der Waals surface area contributed by atoms with Crippen LogP contribution in [0.4, 0.5) is 11.4 Å². The van der Waals surface area contributed by atoms with Gasteiger partial charge in [-0.2, -0.15) is 10.5 Å². The van der Waals surface area contributed by atoms with E-state index in [4.69, 9.17) is 53.6 Å². The summed E-state index contributed by atoms with van der Waals surface area (Å²) in [5, 5.41) is 21.6. The SMILES string of the molecule is COC(=O)C1=C(C(=O)OC)N(c2ccc(-c3ccc(N4C(N)=C(C#N)C(c5ccc(Cl)cc5)C(C(=O)OC)=C4C(=O)OC)cc3)cc2)C(N)=C(C#N)C1c1ccc(Cl)cc1. The molecule has 2 aliphatic rings. The Bertz CT molecular complexity index is 2440. The first-order chi connectivity index (χ1) is 28.8. The van der Waals surface area contributed by atoms with Gasteiger partial charge in [-0.05, 0) is 70.8 Å². The van der Waals surface area contributed by atoms with Crippen molar-refractivity contribution >= 4 is 58.5 Å². The molecular formula is C44H34Cl2N6O8. The summed E-state index contributed by atoms with van der Waals surface area (Å²) in [6.45, 7) is 0. The second-order valence-corrected chi connectivity index (χ2v) is 13.9. The Morgan fingerprint density at radius 1 is 0.517 bits per heavy atom. The van der Waals surface area contributed by atoms with Crippen molar-refractivity contribution in [3.63, 3.8) is 0 Å². The number of allylic oxidation sites excluding steroid dienone is 2. The first-order valence-electron chi connectivity index (χ1n) is 17.8. The van der Waals surface area contributed by atoms with Crippen LogP contribution >= 0.6 is 23.2 Å². The molecule has 2 heterocycles. The first kappa shape index (κ1) is 42.1. The number of hydrogen-bond donors (Lipinski definition) is 2. The number of carbonyl (C=O) groups is 4. The standard InChI is InChI=1S/C44H34Cl2N6O8/c1-57-41(53)35-33(25-5-13-27(45)14-6-25)31(21-47)39(49)51(37(35)43(55)59-3)29-17-9-23(10-18-29)24-11-19-30(20-12-24)52-38(44(56)60-4)36(42(54)58-2)34(32(22-48)40(52)50)26-7-15-28(46)16-8-26/h5-20,33-34H,49-50H2,1-4H3. The van der Waals surface area contributed by atoms with Crippen LogP contribution in [0.5, 0.6) is 0 Å². The van der Waals surface area contributed by atoms with Gasteiger partial charge in [-0.1, -0.05) is 71.7 Å². The predicted octanol–water partition coefficient (Wildman–Crippen LogP) is 6.46. The Kier molecular flexibility index (Phi) is 12.3. The predicted molar refractivity (Wildman–Crippen MR) is 221 cm³/mol. The summed E-state index contributed by atoms with van der Waals surface area (Å²) < 4.78 is 20.5. The van der Waals surface area contributed by atoms with Gasteiger partial charge in [0.05, 0.1) is 74.7 Å². The molecule has 6 rings (SSSR count). The fourth-order valence-electron chi connectivity index (χ4n) is 7.19. The summed E-state index contributed by atoms with van der Waals surface area (Å²) in [6, 6.07) is 30.4. The molecule has 0 aromatic heterocycles. The highest BCUT2D eigenvalue weighted by Crippen LogP contribution is 2.45. The molecule has 0 saturated heterocycles. The number of hydrogen-bond acceptors (Lipinski definition) is 14. The molecule has 4 N–H and O–H groups in total. The maximum Gasteiger partial charge on any atom is 0.355 e. The van der Waals surface area contributed by atoms with E-state index in [1.807, 2.05) is 0 Å². The van der Waals surface area contributed by atoms with E-state index in [1.165, 1.54) is 9.80 Å². The Hall–Kier alpha value is -7.52. The fraction of sp³-hybridized carbons (Fsp3) is 0.136. The molecule has 2 aliphatic heterocycles. The molecule has 60 heavy (non-hydrogen) atoms. The number of rotatable bonds is 9.